The molecule has 1 heterocycles. The molecule has 0 bridgehead atoms. The minimum Gasteiger partial charge on any atom is -0.337 e. The highest BCUT2D eigenvalue weighted by Crippen LogP contribution is 2.50. The highest BCUT2D eigenvalue weighted by Gasteiger charge is 2.35. The number of hydrogen-bond donors (Lipinski definition) is 0. The van der Waals surface area contributed by atoms with Crippen molar-refractivity contribution < 1.29 is 0 Å². The molecule has 0 unspecified atom stereocenters. The van der Waals surface area contributed by atoms with Gasteiger partial charge in [0.05, 0.1) is 11.0 Å². The van der Waals surface area contributed by atoms with Crippen LogP contribution >= 0.6 is 0 Å². The van der Waals surface area contributed by atoms with Crippen molar-refractivity contribution in [3.8, 4) is 50.2 Å². The summed E-state index contributed by atoms with van der Waals surface area (Å²) >= 11 is 0. The lowest BCUT2D eigenvalue weighted by atomic mass is 9.82. The predicted molar refractivity (Wildman–Crippen MR) is 271 cm³/mol. The molecule has 12 rings (SSSR count). The summed E-state index contributed by atoms with van der Waals surface area (Å²) in [5, 5.41) is 5.10. The summed E-state index contributed by atoms with van der Waals surface area (Å²) in [4.78, 5) is 2.49. The average molecular weight is 819 g/mol. The van der Waals surface area contributed by atoms with E-state index >= 15 is 0 Å². The zero-order chi connectivity index (χ0) is 42.8. The van der Waals surface area contributed by atoms with Crippen molar-refractivity contribution in [3.63, 3.8) is 0 Å². The number of nitrogens with zero attached hydrogens (tertiary/aromatic N) is 2. The lowest BCUT2D eigenvalue weighted by molar-refractivity contribution is 0.660. The molecule has 1 aliphatic rings. The number of para-hydroxylation sites is 1. The maximum Gasteiger partial charge on any atom is 0.0547 e. The van der Waals surface area contributed by atoms with E-state index in [9.17, 15) is 0 Å². The summed E-state index contributed by atoms with van der Waals surface area (Å²) in [6, 6.07) is 84.7. The second kappa shape index (κ2) is 15.1. The predicted octanol–water partition coefficient (Wildman–Crippen LogP) is 16.6. The van der Waals surface area contributed by atoms with Gasteiger partial charge < -0.3 is 9.47 Å². The van der Waals surface area contributed by atoms with Crippen molar-refractivity contribution in [3.05, 3.63) is 247 Å². The van der Waals surface area contributed by atoms with Crippen LogP contribution in [0.4, 0.5) is 11.4 Å². The summed E-state index contributed by atoms with van der Waals surface area (Å²) in [7, 11) is 0. The van der Waals surface area contributed by atoms with Gasteiger partial charge in [0.15, 0.2) is 0 Å². The molecular formula is C62H46N2. The van der Waals surface area contributed by atoms with Crippen LogP contribution in [0.15, 0.2) is 231 Å². The Labute approximate surface area is 375 Å². The summed E-state index contributed by atoms with van der Waals surface area (Å²) < 4.78 is 2.43. The van der Waals surface area contributed by atoms with Crippen molar-refractivity contribution in [2.75, 3.05) is 4.90 Å². The van der Waals surface area contributed by atoms with Crippen LogP contribution in [-0.2, 0) is 12.0 Å². The van der Waals surface area contributed by atoms with Gasteiger partial charge in [0.25, 0.3) is 0 Å². The molecule has 0 aliphatic heterocycles. The van der Waals surface area contributed by atoms with Crippen LogP contribution in [0.1, 0.15) is 30.5 Å². The largest absolute Gasteiger partial charge is 0.337 e. The van der Waals surface area contributed by atoms with Gasteiger partial charge in [-0.1, -0.05) is 196 Å². The van der Waals surface area contributed by atoms with Gasteiger partial charge in [-0.15, -0.1) is 0 Å². The molecule has 11 aromatic rings. The van der Waals surface area contributed by atoms with Crippen LogP contribution < -0.4 is 4.90 Å². The van der Waals surface area contributed by atoms with E-state index in [1.807, 2.05) is 0 Å². The second-order valence-electron chi connectivity index (χ2n) is 17.7. The van der Waals surface area contributed by atoms with Crippen LogP contribution in [0, 0.1) is 0 Å². The number of anilines is 2. The van der Waals surface area contributed by atoms with Gasteiger partial charge >= 0.3 is 0 Å². The molecule has 0 radical (unpaired) electrons. The molecule has 0 atom stereocenters. The van der Waals surface area contributed by atoms with Gasteiger partial charge in [-0.2, -0.15) is 0 Å². The number of aromatic nitrogens is 1. The third-order valence-electron chi connectivity index (χ3n) is 13.7. The first-order chi connectivity index (χ1) is 31.5. The molecule has 10 aromatic carbocycles. The number of fused-ring (bicyclic) bond motifs is 8. The van der Waals surface area contributed by atoms with Gasteiger partial charge in [-0.05, 0) is 121 Å². The number of hydrogen-bond acceptors (Lipinski definition) is 1. The normalized spacial score (nSPS) is 12.7. The molecule has 304 valence electrons. The first kappa shape index (κ1) is 37.8. The second-order valence-corrected chi connectivity index (χ2v) is 17.7. The summed E-state index contributed by atoms with van der Waals surface area (Å²) in [5.74, 6) is 0. The zero-order valence-electron chi connectivity index (χ0n) is 36.0. The Hall–Kier alpha value is -7.94. The highest BCUT2D eigenvalue weighted by molar-refractivity contribution is 6.24. The molecule has 1 aromatic heterocycles. The molecule has 64 heavy (non-hydrogen) atoms. The van der Waals surface area contributed by atoms with E-state index in [-0.39, 0.29) is 5.41 Å². The molecule has 2 heteroatoms. The fourth-order valence-corrected chi connectivity index (χ4v) is 10.5. The van der Waals surface area contributed by atoms with E-state index in [1.54, 1.807) is 0 Å². The van der Waals surface area contributed by atoms with Crippen molar-refractivity contribution >= 4 is 44.0 Å². The third kappa shape index (κ3) is 6.17. The Kier molecular flexibility index (Phi) is 8.95. The molecular weight excluding hydrogens is 773 g/mol. The Bertz CT molecular complexity index is 3520. The maximum atomic E-state index is 2.49. The first-order valence-corrected chi connectivity index (χ1v) is 22.4. The monoisotopic (exact) mass is 818 g/mol. The topological polar surface area (TPSA) is 8.17 Å². The molecule has 0 N–H and O–H groups in total. The van der Waals surface area contributed by atoms with Crippen LogP contribution in [0.5, 0.6) is 0 Å². The molecule has 0 amide bonds. The SMILES string of the molecule is CC1(C)c2ccccc2-c2ccc(N(Cc3ccccc3-c3ccccc3)c3ccc(-c4ccc(-n5c6ccccc6c6c7c(-c8ccccc8)cccc7ccc65)cc4)cc3)cc21. The van der Waals surface area contributed by atoms with Crippen LogP contribution in [0.25, 0.3) is 82.8 Å². The Morgan fingerprint density at radius 3 is 1.75 bits per heavy atom. The minimum absolute atomic E-state index is 0.0936. The summed E-state index contributed by atoms with van der Waals surface area (Å²) in [6.07, 6.45) is 0. The van der Waals surface area contributed by atoms with Crippen molar-refractivity contribution in [2.45, 2.75) is 25.8 Å². The fraction of sp³-hybridized carbons (Fsp3) is 0.0645. The van der Waals surface area contributed by atoms with E-state index in [4.69, 9.17) is 0 Å². The van der Waals surface area contributed by atoms with Crippen LogP contribution in [0.3, 0.4) is 0 Å². The van der Waals surface area contributed by atoms with Crippen LogP contribution in [-0.4, -0.2) is 4.57 Å². The molecule has 0 fully saturated rings. The van der Waals surface area contributed by atoms with Crippen LogP contribution in [0.2, 0.25) is 0 Å². The van der Waals surface area contributed by atoms with Gasteiger partial charge in [0, 0.05) is 39.8 Å². The van der Waals surface area contributed by atoms with E-state index in [0.29, 0.717) is 0 Å². The highest BCUT2D eigenvalue weighted by atomic mass is 15.1. The van der Waals surface area contributed by atoms with E-state index in [2.05, 4.69) is 254 Å². The number of rotatable bonds is 8. The fourth-order valence-electron chi connectivity index (χ4n) is 10.5. The third-order valence-corrected chi connectivity index (χ3v) is 13.7. The van der Waals surface area contributed by atoms with Gasteiger partial charge in [-0.3, -0.25) is 0 Å². The van der Waals surface area contributed by atoms with E-state index in [0.717, 1.165) is 17.9 Å². The average Bonchev–Trinajstić information content (AvgIpc) is 3.82. The smallest absolute Gasteiger partial charge is 0.0547 e. The molecule has 1 aliphatic carbocycles. The molecule has 0 saturated heterocycles. The Morgan fingerprint density at radius 2 is 0.984 bits per heavy atom. The lowest BCUT2D eigenvalue weighted by Gasteiger charge is -2.29. The summed E-state index contributed by atoms with van der Waals surface area (Å²) in [6.45, 7) is 5.45. The van der Waals surface area contributed by atoms with Gasteiger partial charge in [0.2, 0.25) is 0 Å². The van der Waals surface area contributed by atoms with Crippen molar-refractivity contribution in [1.29, 1.82) is 0 Å². The van der Waals surface area contributed by atoms with Crippen molar-refractivity contribution in [2.24, 2.45) is 0 Å². The molecule has 0 spiro atoms. The van der Waals surface area contributed by atoms with E-state index < -0.39 is 0 Å². The lowest BCUT2D eigenvalue weighted by Crippen LogP contribution is -2.19. The Morgan fingerprint density at radius 1 is 0.391 bits per heavy atom. The standard InChI is InChI=1S/C62H46N2/c1-62(2)56-26-13-11-23-53(56)54-38-37-50(40-57(54)62)63(41-47-20-9-10-22-51(47)44-16-5-3-6-17-44)48-33-28-42(29-34-48)43-30-35-49(36-31-43)64-58-27-14-12-24-55(58)61-59(64)39-32-46-21-15-25-52(60(46)61)45-18-7-4-8-19-45/h3-40H,41H2,1-2H3. The first-order valence-electron chi connectivity index (χ1n) is 22.4. The Balaban J connectivity index is 0.925. The van der Waals surface area contributed by atoms with Gasteiger partial charge in [-0.25, -0.2) is 0 Å². The maximum absolute atomic E-state index is 2.49. The quantitative estimate of drug-likeness (QED) is 0.148. The minimum atomic E-state index is -0.0936. The van der Waals surface area contributed by atoms with E-state index in [1.165, 1.54) is 99.5 Å². The van der Waals surface area contributed by atoms with Gasteiger partial charge in [0.1, 0.15) is 0 Å². The molecule has 0 saturated carbocycles. The van der Waals surface area contributed by atoms with Crippen molar-refractivity contribution in [1.82, 2.24) is 4.57 Å². The molecule has 2 nitrogen and oxygen atoms in total. The summed E-state index contributed by atoms with van der Waals surface area (Å²) in [5.41, 5.74) is 19.9. The number of benzene rings is 10. The zero-order valence-corrected chi connectivity index (χ0v) is 36.0.